The van der Waals surface area contributed by atoms with E-state index in [0.717, 1.165) is 6.07 Å². The van der Waals surface area contributed by atoms with Crippen molar-refractivity contribution in [3.05, 3.63) is 22.8 Å². The largest absolute Gasteiger partial charge is 0.453 e. The predicted octanol–water partition coefficient (Wildman–Crippen LogP) is 2.62. The lowest BCUT2D eigenvalue weighted by Gasteiger charge is -2.38. The molecule has 1 aliphatic heterocycles. The average Bonchev–Trinajstić information content (AvgIpc) is 2.32. The van der Waals surface area contributed by atoms with Gasteiger partial charge in [0.25, 0.3) is 0 Å². The van der Waals surface area contributed by atoms with Crippen molar-refractivity contribution < 1.29 is 22.7 Å². The quantitative estimate of drug-likeness (QED) is 0.912. The van der Waals surface area contributed by atoms with E-state index in [0.29, 0.717) is 19.3 Å². The van der Waals surface area contributed by atoms with Crippen LogP contribution in [-0.2, 0) is 10.9 Å². The van der Waals surface area contributed by atoms with E-state index < -0.39 is 17.8 Å². The molecule has 9 heteroatoms. The number of pyridine rings is 1. The van der Waals surface area contributed by atoms with Gasteiger partial charge in [0.1, 0.15) is 5.82 Å². The number of amides is 1. The summed E-state index contributed by atoms with van der Waals surface area (Å²) in [7, 11) is 1.28. The molecule has 0 radical (unpaired) electrons. The number of hydrogen-bond acceptors (Lipinski definition) is 4. The number of anilines is 1. The van der Waals surface area contributed by atoms with Crippen LogP contribution in [0.4, 0.5) is 23.8 Å². The Bertz CT molecular complexity index is 518. The van der Waals surface area contributed by atoms with Gasteiger partial charge >= 0.3 is 12.3 Å². The molecular formula is C11H11ClF3N3O2. The maximum atomic E-state index is 12.4. The first-order chi connectivity index (χ1) is 9.31. The minimum Gasteiger partial charge on any atom is -0.453 e. The van der Waals surface area contributed by atoms with Crippen LogP contribution < -0.4 is 5.32 Å². The average molecular weight is 310 g/mol. The number of halogens is 4. The van der Waals surface area contributed by atoms with Crippen LogP contribution in [0.5, 0.6) is 0 Å². The van der Waals surface area contributed by atoms with Gasteiger partial charge in [0, 0.05) is 19.3 Å². The topological polar surface area (TPSA) is 54.5 Å². The van der Waals surface area contributed by atoms with Gasteiger partial charge in [-0.3, -0.25) is 0 Å². The van der Waals surface area contributed by atoms with Gasteiger partial charge in [-0.05, 0) is 6.07 Å². The highest BCUT2D eigenvalue weighted by Gasteiger charge is 2.34. The van der Waals surface area contributed by atoms with Gasteiger partial charge in [-0.15, -0.1) is 0 Å². The fraction of sp³-hybridized carbons (Fsp3) is 0.455. The molecule has 110 valence electrons. The normalized spacial score (nSPS) is 15.8. The molecular weight excluding hydrogens is 299 g/mol. The van der Waals surface area contributed by atoms with Crippen LogP contribution in [0.3, 0.4) is 0 Å². The number of carbonyl (C=O) groups excluding carboxylic acids is 1. The zero-order valence-corrected chi connectivity index (χ0v) is 11.1. The summed E-state index contributed by atoms with van der Waals surface area (Å²) in [6.45, 7) is 0.761. The van der Waals surface area contributed by atoms with E-state index in [1.807, 2.05) is 0 Å². The number of alkyl halides is 3. The van der Waals surface area contributed by atoms with Gasteiger partial charge in [-0.1, -0.05) is 11.6 Å². The molecule has 0 aliphatic carbocycles. The second kappa shape index (κ2) is 5.35. The number of aromatic nitrogens is 1. The summed E-state index contributed by atoms with van der Waals surface area (Å²) in [6, 6.07) is 0.698. The van der Waals surface area contributed by atoms with Gasteiger partial charge < -0.3 is 15.0 Å². The molecule has 1 aromatic rings. The van der Waals surface area contributed by atoms with Gasteiger partial charge in [0.2, 0.25) is 0 Å². The lowest BCUT2D eigenvalue weighted by molar-refractivity contribution is -0.137. The number of likely N-dealkylation sites (tertiary alicyclic amines) is 1. The summed E-state index contributed by atoms with van der Waals surface area (Å²) >= 11 is 5.76. The number of carbonyl (C=O) groups is 1. The Morgan fingerprint density at radius 1 is 1.55 bits per heavy atom. The molecule has 1 amide bonds. The summed E-state index contributed by atoms with van der Waals surface area (Å²) in [5, 5.41) is 2.76. The molecule has 0 aromatic carbocycles. The maximum Gasteiger partial charge on any atom is 0.417 e. The molecule has 2 heterocycles. The fourth-order valence-corrected chi connectivity index (χ4v) is 1.96. The molecule has 1 aliphatic rings. The summed E-state index contributed by atoms with van der Waals surface area (Å²) in [6.07, 6.45) is -4.22. The molecule has 2 rings (SSSR count). The summed E-state index contributed by atoms with van der Waals surface area (Å²) in [5.74, 6) is 0.161. The lowest BCUT2D eigenvalue weighted by atomic mass is 10.1. The molecule has 1 saturated heterocycles. The van der Waals surface area contributed by atoms with E-state index in [2.05, 4.69) is 15.0 Å². The van der Waals surface area contributed by atoms with E-state index in [1.165, 1.54) is 12.0 Å². The molecule has 5 nitrogen and oxygen atoms in total. The van der Waals surface area contributed by atoms with Crippen molar-refractivity contribution >= 4 is 23.5 Å². The van der Waals surface area contributed by atoms with Crippen LogP contribution in [0.2, 0.25) is 5.02 Å². The van der Waals surface area contributed by atoms with Gasteiger partial charge in [0.15, 0.2) is 0 Å². The summed E-state index contributed by atoms with van der Waals surface area (Å²) < 4.78 is 41.8. The van der Waals surface area contributed by atoms with Gasteiger partial charge in [0.05, 0.1) is 23.7 Å². The van der Waals surface area contributed by atoms with Crippen molar-refractivity contribution in [2.75, 3.05) is 25.5 Å². The highest BCUT2D eigenvalue weighted by molar-refractivity contribution is 6.33. The fourth-order valence-electron chi connectivity index (χ4n) is 1.74. The molecule has 0 spiro atoms. The Balaban J connectivity index is 1.97. The molecule has 0 bridgehead atoms. The maximum absolute atomic E-state index is 12.4. The zero-order chi connectivity index (χ0) is 14.9. The standard InChI is InChI=1S/C11H11ClF3N3O2/c1-20-10(19)18-4-7(5-18)17-9-8(12)2-6(3-16-9)11(13,14)15/h2-3,7H,4-5H2,1H3,(H,16,17). The van der Waals surface area contributed by atoms with Crippen molar-refractivity contribution in [1.29, 1.82) is 0 Å². The van der Waals surface area contributed by atoms with Gasteiger partial charge in [-0.2, -0.15) is 13.2 Å². The molecule has 0 atom stereocenters. The number of hydrogen-bond donors (Lipinski definition) is 1. The van der Waals surface area contributed by atoms with E-state index >= 15 is 0 Å². The monoisotopic (exact) mass is 309 g/mol. The highest BCUT2D eigenvalue weighted by atomic mass is 35.5. The Hall–Kier alpha value is -1.70. The van der Waals surface area contributed by atoms with Crippen LogP contribution in [-0.4, -0.2) is 42.2 Å². The smallest absolute Gasteiger partial charge is 0.417 e. The number of nitrogens with zero attached hydrogens (tertiary/aromatic N) is 2. The van der Waals surface area contributed by atoms with Crippen molar-refractivity contribution in [1.82, 2.24) is 9.88 Å². The summed E-state index contributed by atoms with van der Waals surface area (Å²) in [5.41, 5.74) is -0.905. The van der Waals surface area contributed by atoms with Crippen LogP contribution in [0.25, 0.3) is 0 Å². The second-order valence-corrected chi connectivity index (χ2v) is 4.68. The van der Waals surface area contributed by atoms with Crippen LogP contribution in [0.1, 0.15) is 5.56 Å². The molecule has 0 saturated carbocycles. The first kappa shape index (κ1) is 14.7. The van der Waals surface area contributed by atoms with Crippen LogP contribution in [0.15, 0.2) is 12.3 Å². The summed E-state index contributed by atoms with van der Waals surface area (Å²) in [4.78, 5) is 16.2. The van der Waals surface area contributed by atoms with Crippen LogP contribution >= 0.6 is 11.6 Å². The third-order valence-corrected chi connectivity index (χ3v) is 3.11. The minimum absolute atomic E-state index is 0.114. The van der Waals surface area contributed by atoms with Gasteiger partial charge in [-0.25, -0.2) is 9.78 Å². The van der Waals surface area contributed by atoms with Crippen molar-refractivity contribution in [3.8, 4) is 0 Å². The molecule has 1 aromatic heterocycles. The second-order valence-electron chi connectivity index (χ2n) is 4.27. The van der Waals surface area contributed by atoms with E-state index in [1.54, 1.807) is 0 Å². The molecule has 20 heavy (non-hydrogen) atoms. The Morgan fingerprint density at radius 2 is 2.20 bits per heavy atom. The van der Waals surface area contributed by atoms with Crippen molar-refractivity contribution in [2.24, 2.45) is 0 Å². The number of methoxy groups -OCH3 is 1. The highest BCUT2D eigenvalue weighted by Crippen LogP contribution is 2.32. The third-order valence-electron chi connectivity index (χ3n) is 2.82. The lowest BCUT2D eigenvalue weighted by Crippen LogP contribution is -2.57. The number of ether oxygens (including phenoxy) is 1. The Labute approximate surface area is 117 Å². The van der Waals surface area contributed by atoms with E-state index in [9.17, 15) is 18.0 Å². The zero-order valence-electron chi connectivity index (χ0n) is 10.4. The molecule has 1 fully saturated rings. The van der Waals surface area contributed by atoms with E-state index in [-0.39, 0.29) is 16.9 Å². The first-order valence-corrected chi connectivity index (χ1v) is 6.01. The SMILES string of the molecule is COC(=O)N1CC(Nc2ncc(C(F)(F)F)cc2Cl)C1. The first-order valence-electron chi connectivity index (χ1n) is 5.63. The number of nitrogens with one attached hydrogen (secondary N) is 1. The molecule has 0 unspecified atom stereocenters. The van der Waals surface area contributed by atoms with Crippen molar-refractivity contribution in [2.45, 2.75) is 12.2 Å². The Kier molecular flexibility index (Phi) is 3.94. The van der Waals surface area contributed by atoms with E-state index in [4.69, 9.17) is 11.6 Å². The molecule has 1 N–H and O–H groups in total. The predicted molar refractivity (Wildman–Crippen MR) is 65.6 cm³/mol. The minimum atomic E-state index is -4.48. The Morgan fingerprint density at radius 3 is 2.70 bits per heavy atom. The van der Waals surface area contributed by atoms with Crippen molar-refractivity contribution in [3.63, 3.8) is 0 Å². The third kappa shape index (κ3) is 3.06. The van der Waals surface area contributed by atoms with Crippen LogP contribution in [0, 0.1) is 0 Å². The number of rotatable bonds is 2.